The van der Waals surface area contributed by atoms with Crippen molar-refractivity contribution in [3.05, 3.63) is 57.9 Å². The highest BCUT2D eigenvalue weighted by atomic mass is 16.6. The molecule has 104 valence electrons. The highest BCUT2D eigenvalue weighted by Gasteiger charge is 2.19. The van der Waals surface area contributed by atoms with Gasteiger partial charge in [-0.05, 0) is 12.1 Å². The number of nitriles is 1. The van der Waals surface area contributed by atoms with E-state index in [2.05, 4.69) is 4.98 Å². The summed E-state index contributed by atoms with van der Waals surface area (Å²) in [7, 11) is 0. The van der Waals surface area contributed by atoms with Crippen molar-refractivity contribution in [1.82, 2.24) is 4.98 Å². The van der Waals surface area contributed by atoms with Crippen molar-refractivity contribution in [2.45, 2.75) is 0 Å². The summed E-state index contributed by atoms with van der Waals surface area (Å²) in [6.45, 7) is 0. The van der Waals surface area contributed by atoms with E-state index in [4.69, 9.17) is 15.1 Å². The number of nitro benzene ring substituents is 1. The van der Waals surface area contributed by atoms with E-state index < -0.39 is 16.6 Å². The Morgan fingerprint density at radius 1 is 1.38 bits per heavy atom. The number of nitrogens with zero attached hydrogens (tertiary/aromatic N) is 3. The van der Waals surface area contributed by atoms with Gasteiger partial charge in [-0.15, -0.1) is 0 Å². The van der Waals surface area contributed by atoms with Gasteiger partial charge in [0, 0.05) is 24.5 Å². The zero-order valence-corrected chi connectivity index (χ0v) is 10.4. The Bertz CT molecular complexity index is 767. The number of rotatable bonds is 4. The van der Waals surface area contributed by atoms with Crippen molar-refractivity contribution in [3.8, 4) is 17.6 Å². The quantitative estimate of drug-likeness (QED) is 0.674. The summed E-state index contributed by atoms with van der Waals surface area (Å²) < 4.78 is 5.29. The minimum atomic E-state index is -1.27. The summed E-state index contributed by atoms with van der Waals surface area (Å²) in [6.07, 6.45) is 2.38. The second kappa shape index (κ2) is 5.66. The molecule has 1 N–H and O–H groups in total. The van der Waals surface area contributed by atoms with Crippen molar-refractivity contribution in [3.63, 3.8) is 0 Å². The Balaban J connectivity index is 2.48. The standard InChI is InChI=1S/C13H7N3O5/c14-6-8-1-2-12(10(5-8)16(19)20)21-11-3-4-15-7-9(11)13(17)18/h1-5,7H,(H,17,18). The maximum absolute atomic E-state index is 11.0. The number of hydrogen-bond donors (Lipinski definition) is 1. The van der Waals surface area contributed by atoms with Gasteiger partial charge >= 0.3 is 11.7 Å². The molecular weight excluding hydrogens is 278 g/mol. The SMILES string of the molecule is N#Cc1ccc(Oc2ccncc2C(=O)O)c([N+](=O)[O-])c1. The first-order valence-corrected chi connectivity index (χ1v) is 5.56. The number of ether oxygens (including phenoxy) is 1. The summed E-state index contributed by atoms with van der Waals surface area (Å²) in [4.78, 5) is 25.0. The third-order valence-electron chi connectivity index (χ3n) is 2.52. The van der Waals surface area contributed by atoms with Crippen molar-refractivity contribution in [2.75, 3.05) is 0 Å². The fraction of sp³-hybridized carbons (Fsp3) is 0. The summed E-state index contributed by atoms with van der Waals surface area (Å²) in [5, 5.41) is 28.7. The lowest BCUT2D eigenvalue weighted by Crippen LogP contribution is -2.02. The van der Waals surface area contributed by atoms with Crippen molar-refractivity contribution in [1.29, 1.82) is 5.26 Å². The van der Waals surface area contributed by atoms with Gasteiger partial charge in [0.25, 0.3) is 0 Å². The number of pyridine rings is 1. The van der Waals surface area contributed by atoms with E-state index in [1.807, 2.05) is 0 Å². The smallest absolute Gasteiger partial charge is 0.341 e. The molecule has 1 aromatic heterocycles. The number of carboxylic acid groups (broad SMARTS) is 1. The molecule has 0 aliphatic carbocycles. The third kappa shape index (κ3) is 2.93. The summed E-state index contributed by atoms with van der Waals surface area (Å²) in [6, 6.07) is 6.69. The van der Waals surface area contributed by atoms with Gasteiger partial charge in [0.05, 0.1) is 16.6 Å². The van der Waals surface area contributed by atoms with Crippen LogP contribution in [0.5, 0.6) is 11.5 Å². The molecule has 21 heavy (non-hydrogen) atoms. The van der Waals surface area contributed by atoms with Crippen LogP contribution in [-0.2, 0) is 0 Å². The average molecular weight is 285 g/mol. The maximum atomic E-state index is 11.0. The normalized spacial score (nSPS) is 9.67. The first kappa shape index (κ1) is 14.0. The van der Waals surface area contributed by atoms with Crippen LogP contribution in [0.25, 0.3) is 0 Å². The molecular formula is C13H7N3O5. The Morgan fingerprint density at radius 3 is 2.76 bits per heavy atom. The number of carboxylic acids is 1. The molecule has 0 fully saturated rings. The van der Waals surface area contributed by atoms with E-state index in [1.165, 1.54) is 24.4 Å². The second-order valence-corrected chi connectivity index (χ2v) is 3.83. The number of aromatic carboxylic acids is 1. The molecule has 0 bridgehead atoms. The van der Waals surface area contributed by atoms with Crippen LogP contribution >= 0.6 is 0 Å². The van der Waals surface area contributed by atoms with Gasteiger partial charge in [-0.2, -0.15) is 5.26 Å². The number of aromatic nitrogens is 1. The monoisotopic (exact) mass is 285 g/mol. The van der Waals surface area contributed by atoms with Gasteiger partial charge in [0.15, 0.2) is 0 Å². The van der Waals surface area contributed by atoms with Crippen LogP contribution in [0.2, 0.25) is 0 Å². The highest BCUT2D eigenvalue weighted by Crippen LogP contribution is 2.33. The first-order valence-electron chi connectivity index (χ1n) is 5.56. The van der Waals surface area contributed by atoms with Crippen LogP contribution < -0.4 is 4.74 Å². The molecule has 1 heterocycles. The lowest BCUT2D eigenvalue weighted by molar-refractivity contribution is -0.385. The zero-order valence-electron chi connectivity index (χ0n) is 10.4. The van der Waals surface area contributed by atoms with Gasteiger partial charge in [0.1, 0.15) is 11.3 Å². The molecule has 0 saturated carbocycles. The number of carbonyl (C=O) groups is 1. The van der Waals surface area contributed by atoms with E-state index in [0.29, 0.717) is 0 Å². The molecule has 2 rings (SSSR count). The Morgan fingerprint density at radius 2 is 2.14 bits per heavy atom. The van der Waals surface area contributed by atoms with E-state index in [-0.39, 0.29) is 22.6 Å². The lowest BCUT2D eigenvalue weighted by Gasteiger charge is -2.08. The number of benzene rings is 1. The molecule has 8 heteroatoms. The molecule has 0 radical (unpaired) electrons. The lowest BCUT2D eigenvalue weighted by atomic mass is 10.2. The van der Waals surface area contributed by atoms with Crippen molar-refractivity contribution in [2.24, 2.45) is 0 Å². The molecule has 0 amide bonds. The molecule has 0 unspecified atom stereocenters. The van der Waals surface area contributed by atoms with Gasteiger partial charge in [-0.1, -0.05) is 0 Å². The fourth-order valence-corrected chi connectivity index (χ4v) is 1.57. The Labute approximate surface area is 118 Å². The Hall–Kier alpha value is -3.47. The second-order valence-electron chi connectivity index (χ2n) is 3.83. The third-order valence-corrected chi connectivity index (χ3v) is 2.52. The number of nitro groups is 1. The summed E-state index contributed by atoms with van der Waals surface area (Å²) >= 11 is 0. The van der Waals surface area contributed by atoms with E-state index in [0.717, 1.165) is 12.3 Å². The van der Waals surface area contributed by atoms with Gasteiger partial charge in [-0.3, -0.25) is 15.1 Å². The van der Waals surface area contributed by atoms with Gasteiger partial charge in [-0.25, -0.2) is 4.79 Å². The molecule has 0 aliphatic heterocycles. The van der Waals surface area contributed by atoms with Gasteiger partial charge < -0.3 is 9.84 Å². The van der Waals surface area contributed by atoms with Crippen LogP contribution in [0.1, 0.15) is 15.9 Å². The molecule has 0 saturated heterocycles. The maximum Gasteiger partial charge on any atom is 0.341 e. The summed E-state index contributed by atoms with van der Waals surface area (Å²) in [5.74, 6) is -1.51. The van der Waals surface area contributed by atoms with Crippen LogP contribution in [0.15, 0.2) is 36.7 Å². The first-order chi connectivity index (χ1) is 10.0. The minimum absolute atomic E-state index is 0.0784. The molecule has 8 nitrogen and oxygen atoms in total. The number of hydrogen-bond acceptors (Lipinski definition) is 6. The van der Waals surface area contributed by atoms with E-state index >= 15 is 0 Å². The predicted octanol–water partition coefficient (Wildman–Crippen LogP) is 2.35. The van der Waals surface area contributed by atoms with Crippen LogP contribution in [-0.4, -0.2) is 21.0 Å². The topological polar surface area (TPSA) is 126 Å². The van der Waals surface area contributed by atoms with Gasteiger partial charge in [0.2, 0.25) is 5.75 Å². The molecule has 0 aliphatic rings. The molecule has 0 atom stereocenters. The van der Waals surface area contributed by atoms with Crippen LogP contribution in [0.4, 0.5) is 5.69 Å². The predicted molar refractivity (Wildman–Crippen MR) is 69.1 cm³/mol. The summed E-state index contributed by atoms with van der Waals surface area (Å²) in [5.41, 5.74) is -0.555. The average Bonchev–Trinajstić information content (AvgIpc) is 2.47. The van der Waals surface area contributed by atoms with Crippen LogP contribution in [0.3, 0.4) is 0 Å². The molecule has 1 aromatic carbocycles. The fourth-order valence-electron chi connectivity index (χ4n) is 1.57. The highest BCUT2D eigenvalue weighted by molar-refractivity contribution is 5.90. The van der Waals surface area contributed by atoms with Crippen molar-refractivity contribution < 1.29 is 19.6 Å². The zero-order chi connectivity index (χ0) is 15.4. The van der Waals surface area contributed by atoms with Crippen LogP contribution in [0, 0.1) is 21.4 Å². The van der Waals surface area contributed by atoms with E-state index in [1.54, 1.807) is 6.07 Å². The van der Waals surface area contributed by atoms with Crippen molar-refractivity contribution >= 4 is 11.7 Å². The largest absolute Gasteiger partial charge is 0.477 e. The molecule has 0 spiro atoms. The van der Waals surface area contributed by atoms with E-state index in [9.17, 15) is 14.9 Å². The minimum Gasteiger partial charge on any atom is -0.477 e. The molecule has 2 aromatic rings. The Kier molecular flexibility index (Phi) is 3.76.